The Balaban J connectivity index is 2.32. The number of aliphatic imine (C=N–C) groups is 1. The van der Waals surface area contributed by atoms with Gasteiger partial charge in [0, 0.05) is 6.54 Å². The molecule has 0 aromatic heterocycles. The third-order valence-corrected chi connectivity index (χ3v) is 2.39. The van der Waals surface area contributed by atoms with Crippen molar-refractivity contribution >= 4 is 5.96 Å². The summed E-state index contributed by atoms with van der Waals surface area (Å²) in [6.45, 7) is 2.43. The first-order valence-corrected chi connectivity index (χ1v) is 5.40. The first-order chi connectivity index (χ1) is 7.59. The molecule has 4 N–H and O–H groups in total. The van der Waals surface area contributed by atoms with E-state index in [-0.39, 0.29) is 11.8 Å². The van der Waals surface area contributed by atoms with Gasteiger partial charge in [0.1, 0.15) is 5.82 Å². The Morgan fingerprint density at radius 3 is 2.69 bits per heavy atom. The van der Waals surface area contributed by atoms with Crippen LogP contribution < -0.4 is 11.5 Å². The Bertz CT molecular complexity index is 371. The predicted octanol–water partition coefficient (Wildman–Crippen LogP) is 1.73. The van der Waals surface area contributed by atoms with Crippen molar-refractivity contribution < 1.29 is 4.39 Å². The second kappa shape index (κ2) is 6.10. The number of halogens is 1. The number of benzene rings is 1. The van der Waals surface area contributed by atoms with Gasteiger partial charge in [-0.25, -0.2) is 4.39 Å². The van der Waals surface area contributed by atoms with Gasteiger partial charge in [0.15, 0.2) is 5.96 Å². The summed E-state index contributed by atoms with van der Waals surface area (Å²) in [6.07, 6.45) is 2.87. The summed E-state index contributed by atoms with van der Waals surface area (Å²) in [6, 6.07) is 5.22. The third-order valence-electron chi connectivity index (χ3n) is 2.39. The maximum absolute atomic E-state index is 13.0. The fourth-order valence-electron chi connectivity index (χ4n) is 1.51. The quantitative estimate of drug-likeness (QED) is 0.453. The molecular weight excluding hydrogens is 205 g/mol. The molecule has 0 unspecified atom stereocenters. The van der Waals surface area contributed by atoms with E-state index in [2.05, 4.69) is 4.99 Å². The Labute approximate surface area is 95.4 Å². The smallest absolute Gasteiger partial charge is 0.185 e. The van der Waals surface area contributed by atoms with Crippen LogP contribution in [0.3, 0.4) is 0 Å². The minimum absolute atomic E-state index is 0.137. The number of hydrogen-bond acceptors (Lipinski definition) is 1. The van der Waals surface area contributed by atoms with Gasteiger partial charge in [0.25, 0.3) is 0 Å². The predicted molar refractivity (Wildman–Crippen MR) is 64.8 cm³/mol. The van der Waals surface area contributed by atoms with Gasteiger partial charge < -0.3 is 11.5 Å². The zero-order valence-corrected chi connectivity index (χ0v) is 9.54. The average Bonchev–Trinajstić information content (AvgIpc) is 2.22. The van der Waals surface area contributed by atoms with E-state index in [9.17, 15) is 4.39 Å². The van der Waals surface area contributed by atoms with E-state index in [4.69, 9.17) is 11.5 Å². The third kappa shape index (κ3) is 4.29. The van der Waals surface area contributed by atoms with Crippen molar-refractivity contribution in [2.45, 2.75) is 26.2 Å². The van der Waals surface area contributed by atoms with Gasteiger partial charge in [0.05, 0.1) is 0 Å². The van der Waals surface area contributed by atoms with Crippen molar-refractivity contribution in [3.05, 3.63) is 35.1 Å². The lowest BCUT2D eigenvalue weighted by Crippen LogP contribution is -2.22. The summed E-state index contributed by atoms with van der Waals surface area (Å²) >= 11 is 0. The van der Waals surface area contributed by atoms with E-state index in [0.717, 1.165) is 24.8 Å². The van der Waals surface area contributed by atoms with Gasteiger partial charge >= 0.3 is 0 Å². The highest BCUT2D eigenvalue weighted by molar-refractivity contribution is 5.75. The van der Waals surface area contributed by atoms with Gasteiger partial charge in [-0.15, -0.1) is 0 Å². The normalized spacial score (nSPS) is 10.1. The summed E-state index contributed by atoms with van der Waals surface area (Å²) in [4.78, 5) is 3.90. The Kier molecular flexibility index (Phi) is 4.76. The van der Waals surface area contributed by atoms with Crippen LogP contribution in [-0.4, -0.2) is 12.5 Å². The highest BCUT2D eigenvalue weighted by Gasteiger charge is 1.98. The number of nitrogens with zero attached hydrogens (tertiary/aromatic N) is 1. The fourth-order valence-corrected chi connectivity index (χ4v) is 1.51. The minimum atomic E-state index is -0.149. The number of aryl methyl sites for hydroxylation is 2. The number of guanidine groups is 1. The molecule has 1 aromatic carbocycles. The maximum Gasteiger partial charge on any atom is 0.185 e. The van der Waals surface area contributed by atoms with Crippen LogP contribution in [0.4, 0.5) is 4.39 Å². The van der Waals surface area contributed by atoms with Crippen LogP contribution in [0.25, 0.3) is 0 Å². The molecular formula is C12H18FN3. The molecule has 1 rings (SSSR count). The summed E-state index contributed by atoms with van der Waals surface area (Å²) in [5.41, 5.74) is 12.3. The molecule has 0 bridgehead atoms. The van der Waals surface area contributed by atoms with E-state index in [1.54, 1.807) is 6.92 Å². The Hall–Kier alpha value is -1.58. The zero-order chi connectivity index (χ0) is 12.0. The topological polar surface area (TPSA) is 64.4 Å². The molecule has 0 heterocycles. The Morgan fingerprint density at radius 2 is 2.06 bits per heavy atom. The van der Waals surface area contributed by atoms with Gasteiger partial charge in [-0.05, 0) is 43.4 Å². The van der Waals surface area contributed by atoms with Crippen LogP contribution in [0.2, 0.25) is 0 Å². The monoisotopic (exact) mass is 223 g/mol. The lowest BCUT2D eigenvalue weighted by Gasteiger charge is -2.03. The minimum Gasteiger partial charge on any atom is -0.370 e. The van der Waals surface area contributed by atoms with Gasteiger partial charge in [-0.1, -0.05) is 12.1 Å². The second-order valence-corrected chi connectivity index (χ2v) is 3.85. The molecule has 0 amide bonds. The van der Waals surface area contributed by atoms with Crippen LogP contribution >= 0.6 is 0 Å². The molecule has 0 aliphatic carbocycles. The van der Waals surface area contributed by atoms with Crippen LogP contribution in [0.15, 0.2) is 23.2 Å². The molecule has 0 aliphatic heterocycles. The zero-order valence-electron chi connectivity index (χ0n) is 9.54. The van der Waals surface area contributed by atoms with E-state index >= 15 is 0 Å². The van der Waals surface area contributed by atoms with Gasteiger partial charge in [0.2, 0.25) is 0 Å². The molecule has 3 nitrogen and oxygen atoms in total. The Morgan fingerprint density at radius 1 is 1.31 bits per heavy atom. The number of nitrogens with two attached hydrogens (primary N) is 2. The SMILES string of the molecule is Cc1cc(CCCCN=C(N)N)ccc1F. The van der Waals surface area contributed by atoms with Crippen LogP contribution in [0, 0.1) is 12.7 Å². The molecule has 16 heavy (non-hydrogen) atoms. The van der Waals surface area contributed by atoms with Crippen molar-refractivity contribution in [1.82, 2.24) is 0 Å². The van der Waals surface area contributed by atoms with Crippen LogP contribution in [0.1, 0.15) is 24.0 Å². The van der Waals surface area contributed by atoms with Gasteiger partial charge in [-0.2, -0.15) is 0 Å². The summed E-state index contributed by atoms with van der Waals surface area (Å²) < 4.78 is 13.0. The highest BCUT2D eigenvalue weighted by atomic mass is 19.1. The van der Waals surface area contributed by atoms with Crippen LogP contribution in [0.5, 0.6) is 0 Å². The van der Waals surface area contributed by atoms with Crippen molar-refractivity contribution in [3.63, 3.8) is 0 Å². The van der Waals surface area contributed by atoms with E-state index < -0.39 is 0 Å². The fraction of sp³-hybridized carbons (Fsp3) is 0.417. The largest absolute Gasteiger partial charge is 0.370 e. The highest BCUT2D eigenvalue weighted by Crippen LogP contribution is 2.11. The second-order valence-electron chi connectivity index (χ2n) is 3.85. The van der Waals surface area contributed by atoms with Crippen molar-refractivity contribution in [2.24, 2.45) is 16.5 Å². The van der Waals surface area contributed by atoms with Crippen molar-refractivity contribution in [3.8, 4) is 0 Å². The first kappa shape index (κ1) is 12.5. The summed E-state index contributed by atoms with van der Waals surface area (Å²) in [5.74, 6) is -0.0121. The molecule has 0 saturated heterocycles. The van der Waals surface area contributed by atoms with Crippen molar-refractivity contribution in [2.75, 3.05) is 6.54 Å². The molecule has 0 fully saturated rings. The molecule has 0 saturated carbocycles. The first-order valence-electron chi connectivity index (χ1n) is 5.40. The van der Waals surface area contributed by atoms with E-state index in [1.165, 1.54) is 6.07 Å². The standard InChI is InChI=1S/C12H18FN3/c1-9-8-10(5-6-11(9)13)4-2-3-7-16-12(14)15/h5-6,8H,2-4,7H2,1H3,(H4,14,15,16). The molecule has 0 spiro atoms. The van der Waals surface area contributed by atoms with Crippen LogP contribution in [-0.2, 0) is 6.42 Å². The number of hydrogen-bond donors (Lipinski definition) is 2. The van der Waals surface area contributed by atoms with Gasteiger partial charge in [-0.3, -0.25) is 4.99 Å². The molecule has 4 heteroatoms. The maximum atomic E-state index is 13.0. The summed E-state index contributed by atoms with van der Waals surface area (Å²) in [7, 11) is 0. The average molecular weight is 223 g/mol. The molecule has 0 atom stereocenters. The summed E-state index contributed by atoms with van der Waals surface area (Å²) in [5, 5.41) is 0. The van der Waals surface area contributed by atoms with E-state index in [0.29, 0.717) is 12.1 Å². The molecule has 88 valence electrons. The molecule has 0 radical (unpaired) electrons. The molecule has 0 aliphatic rings. The number of rotatable bonds is 5. The lowest BCUT2D eigenvalue weighted by atomic mass is 10.1. The number of unbranched alkanes of at least 4 members (excludes halogenated alkanes) is 1. The van der Waals surface area contributed by atoms with E-state index in [1.807, 2.05) is 12.1 Å². The lowest BCUT2D eigenvalue weighted by molar-refractivity contribution is 0.617. The van der Waals surface area contributed by atoms with Crippen molar-refractivity contribution in [1.29, 1.82) is 0 Å². The molecule has 1 aromatic rings.